The summed E-state index contributed by atoms with van der Waals surface area (Å²) in [6.07, 6.45) is 1.12. The van der Waals surface area contributed by atoms with Crippen LogP contribution in [0.5, 0.6) is 0 Å². The molecule has 0 radical (unpaired) electrons. The molecular weight excluding hydrogens is 248 g/mol. The van der Waals surface area contributed by atoms with E-state index in [9.17, 15) is 4.79 Å². The summed E-state index contributed by atoms with van der Waals surface area (Å²) in [5, 5.41) is 3.38. The number of rotatable bonds is 3. The number of Topliss-reactive ketones (excluding diaryl/α,β-unsaturated/α-hetero) is 1. The summed E-state index contributed by atoms with van der Waals surface area (Å²) < 4.78 is 0. The van der Waals surface area contributed by atoms with Crippen molar-refractivity contribution in [2.24, 2.45) is 0 Å². The lowest BCUT2D eigenvalue weighted by molar-refractivity contribution is 0.0933. The molecular formula is C17H26N2O. The van der Waals surface area contributed by atoms with E-state index < -0.39 is 0 Å². The summed E-state index contributed by atoms with van der Waals surface area (Å²) in [7, 11) is 0. The summed E-state index contributed by atoms with van der Waals surface area (Å²) in [6, 6.07) is 2.18. The molecule has 1 heterocycles. The number of aryl methyl sites for hydroxylation is 2. The Morgan fingerprint density at radius 1 is 1.10 bits per heavy atom. The second-order valence-corrected chi connectivity index (χ2v) is 5.94. The molecule has 1 aliphatic rings. The van der Waals surface area contributed by atoms with Crippen LogP contribution in [-0.2, 0) is 0 Å². The Hall–Kier alpha value is -1.19. The van der Waals surface area contributed by atoms with Crippen molar-refractivity contribution in [1.82, 2.24) is 10.2 Å². The van der Waals surface area contributed by atoms with E-state index in [0.29, 0.717) is 6.54 Å². The predicted molar refractivity (Wildman–Crippen MR) is 83.6 cm³/mol. The number of hydrogen-bond acceptors (Lipinski definition) is 3. The van der Waals surface area contributed by atoms with Crippen molar-refractivity contribution in [3.8, 4) is 0 Å². The molecule has 1 fully saturated rings. The second-order valence-electron chi connectivity index (χ2n) is 5.94. The van der Waals surface area contributed by atoms with Gasteiger partial charge in [0.2, 0.25) is 0 Å². The topological polar surface area (TPSA) is 32.3 Å². The van der Waals surface area contributed by atoms with Crippen LogP contribution >= 0.6 is 0 Å². The molecule has 0 amide bonds. The van der Waals surface area contributed by atoms with Gasteiger partial charge in [0.05, 0.1) is 6.54 Å². The lowest BCUT2D eigenvalue weighted by Crippen LogP contribution is -2.33. The molecule has 1 saturated heterocycles. The van der Waals surface area contributed by atoms with Gasteiger partial charge >= 0.3 is 0 Å². The SMILES string of the molecule is Cc1cc(C)c(C)c(C(=O)CN2CCCNCC2)c1C. The van der Waals surface area contributed by atoms with E-state index in [1.807, 2.05) is 0 Å². The average Bonchev–Trinajstić information content (AvgIpc) is 2.65. The molecule has 1 aromatic rings. The van der Waals surface area contributed by atoms with Gasteiger partial charge in [0, 0.05) is 18.7 Å². The van der Waals surface area contributed by atoms with Gasteiger partial charge in [-0.25, -0.2) is 0 Å². The van der Waals surface area contributed by atoms with Crippen LogP contribution < -0.4 is 5.32 Å². The van der Waals surface area contributed by atoms with Crippen molar-refractivity contribution in [3.63, 3.8) is 0 Å². The number of ketones is 1. The van der Waals surface area contributed by atoms with Crippen molar-refractivity contribution in [2.75, 3.05) is 32.7 Å². The number of nitrogens with zero attached hydrogens (tertiary/aromatic N) is 1. The third kappa shape index (κ3) is 3.28. The number of hydrogen-bond donors (Lipinski definition) is 1. The molecule has 1 N–H and O–H groups in total. The summed E-state index contributed by atoms with van der Waals surface area (Å²) in [4.78, 5) is 15.0. The first-order valence-electron chi connectivity index (χ1n) is 7.54. The van der Waals surface area contributed by atoms with Crippen molar-refractivity contribution >= 4 is 5.78 Å². The Bertz CT molecular complexity index is 474. The minimum atomic E-state index is 0.272. The molecule has 2 rings (SSSR count). The molecule has 0 aromatic heterocycles. The van der Waals surface area contributed by atoms with Crippen molar-refractivity contribution < 1.29 is 4.79 Å². The summed E-state index contributed by atoms with van der Waals surface area (Å²) in [6.45, 7) is 12.9. The van der Waals surface area contributed by atoms with Crippen LogP contribution in [0, 0.1) is 27.7 Å². The largest absolute Gasteiger partial charge is 0.315 e. The molecule has 20 heavy (non-hydrogen) atoms. The van der Waals surface area contributed by atoms with Gasteiger partial charge in [-0.15, -0.1) is 0 Å². The van der Waals surface area contributed by atoms with Gasteiger partial charge < -0.3 is 5.32 Å². The highest BCUT2D eigenvalue weighted by Crippen LogP contribution is 2.22. The summed E-state index contributed by atoms with van der Waals surface area (Å²) in [5.41, 5.74) is 5.67. The van der Waals surface area contributed by atoms with Gasteiger partial charge in [-0.1, -0.05) is 6.07 Å². The first-order chi connectivity index (χ1) is 9.50. The minimum absolute atomic E-state index is 0.272. The van der Waals surface area contributed by atoms with Crippen LogP contribution in [0.15, 0.2) is 6.07 Å². The standard InChI is InChI=1S/C17H26N2O/c1-12-10-13(2)15(4)17(14(12)3)16(20)11-19-8-5-6-18-7-9-19/h10,18H,5-9,11H2,1-4H3. The maximum Gasteiger partial charge on any atom is 0.177 e. The zero-order chi connectivity index (χ0) is 14.7. The third-order valence-electron chi connectivity index (χ3n) is 4.44. The van der Waals surface area contributed by atoms with E-state index in [0.717, 1.165) is 49.3 Å². The Morgan fingerprint density at radius 2 is 1.75 bits per heavy atom. The Morgan fingerprint density at radius 3 is 2.40 bits per heavy atom. The zero-order valence-electron chi connectivity index (χ0n) is 13.2. The minimum Gasteiger partial charge on any atom is -0.315 e. The van der Waals surface area contributed by atoms with Gasteiger partial charge in [0.15, 0.2) is 5.78 Å². The molecule has 110 valence electrons. The number of carbonyl (C=O) groups is 1. The summed E-state index contributed by atoms with van der Waals surface area (Å²) in [5.74, 6) is 0.272. The maximum absolute atomic E-state index is 12.7. The Kier molecular flexibility index (Phi) is 4.95. The monoisotopic (exact) mass is 274 g/mol. The molecule has 3 nitrogen and oxygen atoms in total. The lowest BCUT2D eigenvalue weighted by atomic mass is 9.91. The third-order valence-corrected chi connectivity index (χ3v) is 4.44. The molecule has 0 atom stereocenters. The fourth-order valence-electron chi connectivity index (χ4n) is 2.98. The maximum atomic E-state index is 12.7. The fourth-order valence-corrected chi connectivity index (χ4v) is 2.98. The summed E-state index contributed by atoms with van der Waals surface area (Å²) >= 11 is 0. The predicted octanol–water partition coefficient (Wildman–Crippen LogP) is 2.40. The van der Waals surface area contributed by atoms with E-state index in [1.165, 1.54) is 11.1 Å². The molecule has 0 aliphatic carbocycles. The molecule has 3 heteroatoms. The second kappa shape index (κ2) is 6.51. The smallest absolute Gasteiger partial charge is 0.177 e. The van der Waals surface area contributed by atoms with Gasteiger partial charge in [-0.05, 0) is 69.5 Å². The highest BCUT2D eigenvalue weighted by atomic mass is 16.1. The number of nitrogens with one attached hydrogen (secondary N) is 1. The van der Waals surface area contributed by atoms with Crippen LogP contribution in [0.1, 0.15) is 39.0 Å². The van der Waals surface area contributed by atoms with Crippen LogP contribution in [0.3, 0.4) is 0 Å². The highest BCUT2D eigenvalue weighted by Gasteiger charge is 2.19. The molecule has 0 bridgehead atoms. The van der Waals surface area contributed by atoms with E-state index in [1.54, 1.807) is 0 Å². The first-order valence-corrected chi connectivity index (χ1v) is 7.54. The number of benzene rings is 1. The number of carbonyl (C=O) groups excluding carboxylic acids is 1. The molecule has 1 aliphatic heterocycles. The van der Waals surface area contributed by atoms with Crippen molar-refractivity contribution in [1.29, 1.82) is 0 Å². The van der Waals surface area contributed by atoms with Gasteiger partial charge in [0.1, 0.15) is 0 Å². The van der Waals surface area contributed by atoms with E-state index >= 15 is 0 Å². The molecule has 0 spiro atoms. The van der Waals surface area contributed by atoms with E-state index in [2.05, 4.69) is 44.0 Å². The molecule has 0 unspecified atom stereocenters. The van der Waals surface area contributed by atoms with Gasteiger partial charge in [-0.2, -0.15) is 0 Å². The average molecular weight is 274 g/mol. The van der Waals surface area contributed by atoms with Crippen LogP contribution in [0.4, 0.5) is 0 Å². The van der Waals surface area contributed by atoms with E-state index in [-0.39, 0.29) is 5.78 Å². The van der Waals surface area contributed by atoms with Gasteiger partial charge in [-0.3, -0.25) is 9.69 Å². The van der Waals surface area contributed by atoms with E-state index in [4.69, 9.17) is 0 Å². The van der Waals surface area contributed by atoms with Crippen LogP contribution in [-0.4, -0.2) is 43.4 Å². The van der Waals surface area contributed by atoms with Crippen molar-refractivity contribution in [2.45, 2.75) is 34.1 Å². The Labute approximate surface area is 122 Å². The van der Waals surface area contributed by atoms with Crippen molar-refractivity contribution in [3.05, 3.63) is 33.9 Å². The first kappa shape index (κ1) is 15.2. The normalized spacial score (nSPS) is 17.0. The molecule has 0 saturated carbocycles. The quantitative estimate of drug-likeness (QED) is 0.859. The molecule has 1 aromatic carbocycles. The van der Waals surface area contributed by atoms with Gasteiger partial charge in [0.25, 0.3) is 0 Å². The lowest BCUT2D eigenvalue weighted by Gasteiger charge is -2.21. The fraction of sp³-hybridized carbons (Fsp3) is 0.588. The zero-order valence-corrected chi connectivity index (χ0v) is 13.2. The van der Waals surface area contributed by atoms with Crippen LogP contribution in [0.25, 0.3) is 0 Å². The Balaban J connectivity index is 2.20. The highest BCUT2D eigenvalue weighted by molar-refractivity contribution is 6.00. The van der Waals surface area contributed by atoms with Crippen LogP contribution in [0.2, 0.25) is 0 Å².